The fourth-order valence-corrected chi connectivity index (χ4v) is 0.919. The minimum atomic E-state index is -1.33. The Morgan fingerprint density at radius 2 is 1.67 bits per heavy atom. The third kappa shape index (κ3) is 12.6. The topological polar surface area (TPSA) is 144 Å². The summed E-state index contributed by atoms with van der Waals surface area (Å²) >= 11 is 0. The molecule has 1 atom stereocenters. The van der Waals surface area contributed by atoms with Gasteiger partial charge in [0.25, 0.3) is 0 Å². The first-order valence-corrected chi connectivity index (χ1v) is 5.66. The Morgan fingerprint density at radius 3 is 1.89 bits per heavy atom. The van der Waals surface area contributed by atoms with Gasteiger partial charge in [0.15, 0.2) is 0 Å². The number of rotatable bonds is 7. The van der Waals surface area contributed by atoms with Gasteiger partial charge in [-0.05, 0) is 25.3 Å². The summed E-state index contributed by atoms with van der Waals surface area (Å²) in [5.41, 5.74) is 10.3. The Labute approximate surface area is 106 Å². The lowest BCUT2D eigenvalue weighted by Gasteiger charge is -2.02. The Morgan fingerprint density at radius 1 is 1.17 bits per heavy atom. The molecule has 0 aliphatic heterocycles. The number of nitrogens with two attached hydrogens (primary N) is 2. The molecule has 7 nitrogen and oxygen atoms in total. The SMILES string of the molecule is CC(C)CC(=O)C(=O)O.NCCC[C@H](N)C(=O)O. The van der Waals surface area contributed by atoms with Crippen LogP contribution in [0.4, 0.5) is 0 Å². The predicted molar refractivity (Wildman–Crippen MR) is 66.0 cm³/mol. The van der Waals surface area contributed by atoms with Gasteiger partial charge in [-0.3, -0.25) is 9.59 Å². The second kappa shape index (κ2) is 10.7. The van der Waals surface area contributed by atoms with Gasteiger partial charge in [-0.15, -0.1) is 0 Å². The molecule has 6 N–H and O–H groups in total. The van der Waals surface area contributed by atoms with Gasteiger partial charge >= 0.3 is 11.9 Å². The molecule has 7 heteroatoms. The van der Waals surface area contributed by atoms with E-state index < -0.39 is 23.8 Å². The molecule has 0 aliphatic carbocycles. The summed E-state index contributed by atoms with van der Waals surface area (Å²) in [5.74, 6) is -2.86. The number of carbonyl (C=O) groups is 3. The first-order chi connectivity index (χ1) is 8.22. The number of aliphatic carboxylic acids is 2. The molecule has 0 unspecified atom stereocenters. The van der Waals surface area contributed by atoms with Crippen LogP contribution in [-0.4, -0.2) is 40.5 Å². The van der Waals surface area contributed by atoms with Gasteiger partial charge < -0.3 is 21.7 Å². The average Bonchev–Trinajstić information content (AvgIpc) is 2.25. The maximum Gasteiger partial charge on any atom is 0.372 e. The van der Waals surface area contributed by atoms with Crippen molar-refractivity contribution in [2.45, 2.75) is 39.2 Å². The second-order valence-corrected chi connectivity index (χ2v) is 4.20. The van der Waals surface area contributed by atoms with Crippen LogP contribution in [0, 0.1) is 5.92 Å². The quantitative estimate of drug-likeness (QED) is 0.466. The molecular formula is C11H22N2O5. The molecular weight excluding hydrogens is 240 g/mol. The first-order valence-electron chi connectivity index (χ1n) is 5.66. The van der Waals surface area contributed by atoms with Crippen molar-refractivity contribution in [1.29, 1.82) is 0 Å². The monoisotopic (exact) mass is 262 g/mol. The Kier molecular flexibility index (Phi) is 11.2. The van der Waals surface area contributed by atoms with E-state index in [0.717, 1.165) is 0 Å². The third-order valence-electron chi connectivity index (χ3n) is 1.87. The van der Waals surface area contributed by atoms with Crippen LogP contribution in [0.1, 0.15) is 33.1 Å². The lowest BCUT2D eigenvalue weighted by molar-refractivity contribution is -0.149. The summed E-state index contributed by atoms with van der Waals surface area (Å²) in [5, 5.41) is 16.3. The molecule has 0 saturated carbocycles. The van der Waals surface area contributed by atoms with Crippen LogP contribution in [-0.2, 0) is 14.4 Å². The van der Waals surface area contributed by atoms with Crippen molar-refractivity contribution in [3.05, 3.63) is 0 Å². The van der Waals surface area contributed by atoms with Crippen molar-refractivity contribution in [3.8, 4) is 0 Å². The van der Waals surface area contributed by atoms with Crippen molar-refractivity contribution in [3.63, 3.8) is 0 Å². The van der Waals surface area contributed by atoms with E-state index in [0.29, 0.717) is 19.4 Å². The zero-order valence-electron chi connectivity index (χ0n) is 10.8. The molecule has 0 aromatic rings. The van der Waals surface area contributed by atoms with Gasteiger partial charge in [0.2, 0.25) is 5.78 Å². The molecule has 0 radical (unpaired) electrons. The molecule has 0 rings (SSSR count). The minimum Gasteiger partial charge on any atom is -0.480 e. The van der Waals surface area contributed by atoms with Crippen LogP contribution in [0.5, 0.6) is 0 Å². The number of carbonyl (C=O) groups excluding carboxylic acids is 1. The molecule has 0 bridgehead atoms. The van der Waals surface area contributed by atoms with Crippen LogP contribution < -0.4 is 11.5 Å². The smallest absolute Gasteiger partial charge is 0.372 e. The number of carboxylic acids is 2. The van der Waals surface area contributed by atoms with Crippen molar-refractivity contribution in [2.75, 3.05) is 6.54 Å². The van der Waals surface area contributed by atoms with Gasteiger partial charge in [0, 0.05) is 6.42 Å². The van der Waals surface area contributed by atoms with Gasteiger partial charge in [-0.25, -0.2) is 4.79 Å². The second-order valence-electron chi connectivity index (χ2n) is 4.20. The molecule has 18 heavy (non-hydrogen) atoms. The molecule has 0 aliphatic rings. The average molecular weight is 262 g/mol. The van der Waals surface area contributed by atoms with E-state index in [9.17, 15) is 14.4 Å². The Hall–Kier alpha value is -1.47. The number of ketones is 1. The molecule has 106 valence electrons. The number of carboxylic acid groups (broad SMARTS) is 2. The lowest BCUT2D eigenvalue weighted by Crippen LogP contribution is -2.30. The van der Waals surface area contributed by atoms with E-state index in [4.69, 9.17) is 21.7 Å². The summed E-state index contributed by atoms with van der Waals surface area (Å²) in [6.45, 7) is 4.11. The van der Waals surface area contributed by atoms with E-state index in [1.807, 2.05) is 0 Å². The fraction of sp³-hybridized carbons (Fsp3) is 0.727. The van der Waals surface area contributed by atoms with Crippen molar-refractivity contribution >= 4 is 17.7 Å². The minimum absolute atomic E-state index is 0.133. The van der Waals surface area contributed by atoms with Gasteiger partial charge in [0.1, 0.15) is 6.04 Å². The van der Waals surface area contributed by atoms with E-state index in [1.54, 1.807) is 13.8 Å². The highest BCUT2D eigenvalue weighted by molar-refractivity contribution is 6.32. The summed E-state index contributed by atoms with van der Waals surface area (Å²) in [6.07, 6.45) is 1.27. The zero-order chi connectivity index (χ0) is 14.7. The first kappa shape index (κ1) is 18.9. The van der Waals surface area contributed by atoms with E-state index in [1.165, 1.54) is 0 Å². The van der Waals surface area contributed by atoms with Crippen molar-refractivity contribution < 1.29 is 24.6 Å². The lowest BCUT2D eigenvalue weighted by atomic mass is 10.1. The Bertz CT molecular complexity index is 279. The van der Waals surface area contributed by atoms with Crippen molar-refractivity contribution in [1.82, 2.24) is 0 Å². The fourth-order valence-electron chi connectivity index (χ4n) is 0.919. The zero-order valence-corrected chi connectivity index (χ0v) is 10.8. The van der Waals surface area contributed by atoms with Crippen LogP contribution in [0.3, 0.4) is 0 Å². The third-order valence-corrected chi connectivity index (χ3v) is 1.87. The number of hydrogen-bond donors (Lipinski definition) is 4. The highest BCUT2D eigenvalue weighted by Gasteiger charge is 2.12. The van der Waals surface area contributed by atoms with Crippen LogP contribution in [0.25, 0.3) is 0 Å². The summed E-state index contributed by atoms with van der Waals surface area (Å²) in [4.78, 5) is 30.3. The molecule has 0 fully saturated rings. The summed E-state index contributed by atoms with van der Waals surface area (Å²) in [7, 11) is 0. The normalized spacial score (nSPS) is 11.4. The maximum atomic E-state index is 10.4. The number of Topliss-reactive ketones (excluding diaryl/α,β-unsaturated/α-hetero) is 1. The van der Waals surface area contributed by atoms with E-state index in [-0.39, 0.29) is 12.3 Å². The molecule has 0 saturated heterocycles. The summed E-state index contributed by atoms with van der Waals surface area (Å²) < 4.78 is 0. The van der Waals surface area contributed by atoms with Gasteiger partial charge in [-0.2, -0.15) is 0 Å². The van der Waals surface area contributed by atoms with Gasteiger partial charge in [-0.1, -0.05) is 13.8 Å². The number of hydrogen-bond acceptors (Lipinski definition) is 5. The van der Waals surface area contributed by atoms with E-state index >= 15 is 0 Å². The summed E-state index contributed by atoms with van der Waals surface area (Å²) in [6, 6.07) is -0.742. The van der Waals surface area contributed by atoms with Crippen LogP contribution in [0.2, 0.25) is 0 Å². The molecule has 0 heterocycles. The standard InChI is InChI=1S/C6H10O3.C5H12N2O2/c1-4(2)3-5(7)6(8)9;6-3-1-2-4(7)5(8)9/h4H,3H2,1-2H3,(H,8,9);4H,1-3,6-7H2,(H,8,9)/t;4-/m.0/s1. The van der Waals surface area contributed by atoms with Crippen molar-refractivity contribution in [2.24, 2.45) is 17.4 Å². The largest absolute Gasteiger partial charge is 0.480 e. The van der Waals surface area contributed by atoms with Crippen LogP contribution in [0.15, 0.2) is 0 Å². The Balaban J connectivity index is 0. The highest BCUT2D eigenvalue weighted by Crippen LogP contribution is 1.99. The maximum absolute atomic E-state index is 10.4. The molecule has 0 aromatic heterocycles. The highest BCUT2D eigenvalue weighted by atomic mass is 16.4. The molecule has 0 amide bonds. The van der Waals surface area contributed by atoms with E-state index in [2.05, 4.69) is 0 Å². The van der Waals surface area contributed by atoms with Crippen LogP contribution >= 0.6 is 0 Å². The molecule has 0 spiro atoms. The van der Waals surface area contributed by atoms with Gasteiger partial charge in [0.05, 0.1) is 0 Å². The molecule has 0 aromatic carbocycles. The predicted octanol–water partition coefficient (Wildman–Crippen LogP) is -0.177.